The van der Waals surface area contributed by atoms with E-state index in [1.807, 2.05) is 0 Å². The fourth-order valence-corrected chi connectivity index (χ4v) is 15.8. The molecule has 2 aromatic carbocycles. The average molecular weight is 717 g/mol. The van der Waals surface area contributed by atoms with Crippen molar-refractivity contribution in [1.82, 2.24) is 14.4 Å². The first-order chi connectivity index (χ1) is 25.8. The quantitative estimate of drug-likeness (QED) is 0.386. The van der Waals surface area contributed by atoms with Crippen LogP contribution in [0.1, 0.15) is 61.4 Å². The summed E-state index contributed by atoms with van der Waals surface area (Å²) >= 11 is 0. The molecule has 53 heavy (non-hydrogen) atoms. The third-order valence-electron chi connectivity index (χ3n) is 17.0. The maximum absolute atomic E-state index is 14.0. The van der Waals surface area contributed by atoms with Crippen molar-refractivity contribution in [3.63, 3.8) is 0 Å². The number of piperidine rings is 3. The Morgan fingerprint density at radius 1 is 0.943 bits per heavy atom. The maximum Gasteiger partial charge on any atom is 0.354 e. The van der Waals surface area contributed by atoms with Gasteiger partial charge in [-0.2, -0.15) is 0 Å². The van der Waals surface area contributed by atoms with Crippen molar-refractivity contribution in [2.75, 3.05) is 65.1 Å². The van der Waals surface area contributed by atoms with E-state index in [0.29, 0.717) is 18.8 Å². The summed E-state index contributed by atoms with van der Waals surface area (Å²) in [6.07, 6.45) is 9.05. The van der Waals surface area contributed by atoms with Crippen LogP contribution in [0.4, 0.5) is 5.69 Å². The number of rotatable bonds is 2. The van der Waals surface area contributed by atoms with Gasteiger partial charge in [-0.25, -0.2) is 4.79 Å². The van der Waals surface area contributed by atoms with Gasteiger partial charge in [0.15, 0.2) is 5.72 Å². The lowest BCUT2D eigenvalue weighted by atomic mass is 9.44. The number of hydrogen-bond donors (Lipinski definition) is 1. The lowest BCUT2D eigenvalue weighted by Gasteiger charge is -2.70. The van der Waals surface area contributed by atoms with Gasteiger partial charge in [0.25, 0.3) is 0 Å². The summed E-state index contributed by atoms with van der Waals surface area (Å²) in [5, 5.41) is 15.2. The number of nitrogens with zero attached hydrogens (tertiary/aromatic N) is 4. The van der Waals surface area contributed by atoms with Crippen LogP contribution < -0.4 is 9.64 Å². The van der Waals surface area contributed by atoms with E-state index in [0.717, 1.165) is 94.7 Å². The molecule has 7 fully saturated rings. The molecule has 10 atom stereocenters. The predicted molar refractivity (Wildman–Crippen MR) is 197 cm³/mol. The number of para-hydroxylation sites is 2. The van der Waals surface area contributed by atoms with Crippen LogP contribution in [0.5, 0.6) is 5.75 Å². The highest BCUT2D eigenvalue weighted by Crippen LogP contribution is 2.76. The van der Waals surface area contributed by atoms with Crippen LogP contribution in [0, 0.1) is 22.2 Å². The van der Waals surface area contributed by atoms with Crippen LogP contribution in [0.15, 0.2) is 48.5 Å². The molecule has 10 heteroatoms. The van der Waals surface area contributed by atoms with E-state index >= 15 is 0 Å². The highest BCUT2D eigenvalue weighted by atomic mass is 16.5. The molecule has 6 saturated heterocycles. The second-order valence-electron chi connectivity index (χ2n) is 18.4. The first-order valence-corrected chi connectivity index (χ1v) is 20.2. The van der Waals surface area contributed by atoms with Gasteiger partial charge in [0.2, 0.25) is 0 Å². The van der Waals surface area contributed by atoms with Crippen molar-refractivity contribution < 1.29 is 28.8 Å². The molecule has 10 heterocycles. The zero-order valence-electron chi connectivity index (χ0n) is 30.7. The molecule has 1 saturated carbocycles. The number of carbonyl (C=O) groups is 1. The molecule has 10 aliphatic rings. The highest BCUT2D eigenvalue weighted by Gasteiger charge is 2.82. The molecule has 13 rings (SSSR count). The highest BCUT2D eigenvalue weighted by molar-refractivity contribution is 6.13. The lowest BCUT2D eigenvalue weighted by Crippen LogP contribution is -2.80. The molecule has 10 nitrogen and oxygen atoms in total. The van der Waals surface area contributed by atoms with Crippen LogP contribution in [0.3, 0.4) is 0 Å². The van der Waals surface area contributed by atoms with Gasteiger partial charge in [0.1, 0.15) is 11.4 Å². The fraction of sp³-hybridized carbons (Fsp3) is 0.605. The molecule has 1 aromatic heterocycles. The topological polar surface area (TPSA) is 88.9 Å². The number of esters is 1. The molecular weight excluding hydrogens is 668 g/mol. The molecule has 0 radical (unpaired) electrons. The first-order valence-electron chi connectivity index (χ1n) is 20.2. The number of carbonyl (C=O) groups excluding carboxylic acids is 1. The van der Waals surface area contributed by atoms with Crippen molar-refractivity contribution in [2.45, 2.75) is 80.4 Å². The van der Waals surface area contributed by atoms with Crippen LogP contribution in [0.2, 0.25) is 0 Å². The van der Waals surface area contributed by atoms with Gasteiger partial charge in [0.05, 0.1) is 49.1 Å². The first kappa shape index (κ1) is 30.9. The van der Waals surface area contributed by atoms with Crippen molar-refractivity contribution in [3.8, 4) is 5.75 Å². The van der Waals surface area contributed by atoms with Gasteiger partial charge < -0.3 is 33.5 Å². The van der Waals surface area contributed by atoms with Gasteiger partial charge in [-0.1, -0.05) is 30.3 Å². The van der Waals surface area contributed by atoms with Crippen molar-refractivity contribution in [1.29, 1.82) is 0 Å². The number of hydrogen-bond acceptors (Lipinski definition) is 9. The Bertz CT molecular complexity index is 2200. The van der Waals surface area contributed by atoms with Gasteiger partial charge in [0, 0.05) is 78.7 Å². The second-order valence-corrected chi connectivity index (χ2v) is 18.4. The largest absolute Gasteiger partial charge is 0.495 e. The van der Waals surface area contributed by atoms with Crippen molar-refractivity contribution in [3.05, 3.63) is 65.4 Å². The Morgan fingerprint density at radius 2 is 1.83 bits per heavy atom. The van der Waals surface area contributed by atoms with E-state index in [1.165, 1.54) is 29.3 Å². The van der Waals surface area contributed by atoms with Crippen LogP contribution >= 0.6 is 0 Å². The number of methoxy groups -OCH3 is 2. The third kappa shape index (κ3) is 3.13. The molecule has 0 bridgehead atoms. The van der Waals surface area contributed by atoms with Crippen molar-refractivity contribution in [2.24, 2.45) is 22.2 Å². The number of ether oxygens (including phenoxy) is 4. The van der Waals surface area contributed by atoms with Gasteiger partial charge >= 0.3 is 5.97 Å². The monoisotopic (exact) mass is 716 g/mol. The van der Waals surface area contributed by atoms with Gasteiger partial charge in [-0.15, -0.1) is 0 Å². The molecule has 0 unspecified atom stereocenters. The summed E-state index contributed by atoms with van der Waals surface area (Å²) in [5.74, 6) is 0.574. The molecule has 1 N–H and O–H groups in total. The Morgan fingerprint density at radius 3 is 2.72 bits per heavy atom. The Hall–Kier alpha value is -3.41. The molecule has 1 aliphatic carbocycles. The maximum atomic E-state index is 14.0. The number of fused-ring (bicyclic) bond motifs is 6. The fourth-order valence-electron chi connectivity index (χ4n) is 15.8. The standard InChI is InChI=1S/C43H48N4O6/c1-50-31-9-5-7-28-34(31)46-24-39(20-25-21-40-13-18-52-32(40)11-16-44-17-12-42(28,37(40)44)43(25,46)49)23-45-15-10-27-26-6-3-4-8-29(26)47-30(36(48)51-2)22-41(35(45)33(27)47)14-19-53-38(39)41/h3-9,22,25,32,35,37-38,49H,10-21,23-24H2,1-2H3/t25-,32+,35-,37+,38+,39+,40-,41+,42-,43-/m1/s1. The zero-order chi connectivity index (χ0) is 35.3. The molecule has 9 aliphatic heterocycles. The Balaban J connectivity index is 1.04. The third-order valence-corrected chi connectivity index (χ3v) is 17.0. The van der Waals surface area contributed by atoms with E-state index in [1.54, 1.807) is 7.11 Å². The minimum Gasteiger partial charge on any atom is -0.495 e. The molecule has 276 valence electrons. The molecule has 0 amide bonds. The Labute approximate surface area is 309 Å². The number of aliphatic hydroxyl groups is 1. The van der Waals surface area contributed by atoms with E-state index in [2.05, 4.69) is 67.8 Å². The number of aromatic nitrogens is 1. The molecule has 4 spiro atoms. The van der Waals surface area contributed by atoms with E-state index in [-0.39, 0.29) is 47.0 Å². The van der Waals surface area contributed by atoms with Crippen LogP contribution in [0.25, 0.3) is 16.6 Å². The van der Waals surface area contributed by atoms with Gasteiger partial charge in [-0.05, 0) is 80.8 Å². The summed E-state index contributed by atoms with van der Waals surface area (Å²) in [4.78, 5) is 21.9. The van der Waals surface area contributed by atoms with Gasteiger partial charge in [-0.3, -0.25) is 9.80 Å². The average Bonchev–Trinajstić information content (AvgIpc) is 3.99. The van der Waals surface area contributed by atoms with Crippen molar-refractivity contribution >= 4 is 28.3 Å². The minimum atomic E-state index is -1.05. The lowest BCUT2D eigenvalue weighted by molar-refractivity contribution is -0.230. The summed E-state index contributed by atoms with van der Waals surface area (Å²) in [6, 6.07) is 15.5. The van der Waals surface area contributed by atoms with E-state index in [4.69, 9.17) is 18.9 Å². The Kier molecular flexibility index (Phi) is 5.64. The van der Waals surface area contributed by atoms with Crippen LogP contribution in [-0.4, -0.2) is 110 Å². The zero-order valence-corrected chi connectivity index (χ0v) is 30.7. The summed E-state index contributed by atoms with van der Waals surface area (Å²) in [6.45, 7) is 6.01. The summed E-state index contributed by atoms with van der Waals surface area (Å²) < 4.78 is 27.9. The number of benzene rings is 2. The SMILES string of the molecule is COC(=O)C1=C[C@]23CCO[C@H]2[C@@]2(C[C@@H]4C[C@]56CCO[C@H]5CCN5CC[C@@]7(c8cccc(OC)c8N(C2)[C@@]47O)[C@@H]56)CN2CCc4c(n1c1ccccc41)[C@@H]23. The summed E-state index contributed by atoms with van der Waals surface area (Å²) in [5.41, 5.74) is 4.48. The molecule has 3 aromatic rings. The molecular formula is C43H48N4O6. The summed E-state index contributed by atoms with van der Waals surface area (Å²) in [7, 11) is 3.29. The second kappa shape index (κ2) is 9.69. The van der Waals surface area contributed by atoms with E-state index < -0.39 is 16.6 Å². The minimum absolute atomic E-state index is 0.00425. The predicted octanol–water partition coefficient (Wildman–Crippen LogP) is 4.48. The smallest absolute Gasteiger partial charge is 0.354 e. The van der Waals surface area contributed by atoms with Crippen LogP contribution in [-0.2, 0) is 30.8 Å². The van der Waals surface area contributed by atoms with E-state index in [9.17, 15) is 9.90 Å². The number of anilines is 1. The normalized spacial score (nSPS) is 43.9.